The van der Waals surface area contributed by atoms with Crippen LogP contribution in [0.5, 0.6) is 0 Å². The quantitative estimate of drug-likeness (QED) is 0.860. The zero-order valence-corrected chi connectivity index (χ0v) is 16.7. The molecule has 0 bridgehead atoms. The molecular weight excluding hydrogens is 370 g/mol. The first-order valence-corrected chi connectivity index (χ1v) is 10.3. The summed E-state index contributed by atoms with van der Waals surface area (Å²) in [5.41, 5.74) is 0.764. The van der Waals surface area contributed by atoms with E-state index in [0.29, 0.717) is 31.3 Å². The van der Waals surface area contributed by atoms with Crippen LogP contribution in [0.2, 0.25) is 0 Å². The molecule has 0 aliphatic carbocycles. The topological polar surface area (TPSA) is 91.6 Å². The second-order valence-electron chi connectivity index (χ2n) is 7.88. The third-order valence-electron chi connectivity index (χ3n) is 5.71. The van der Waals surface area contributed by atoms with Gasteiger partial charge in [0.15, 0.2) is 5.82 Å². The minimum absolute atomic E-state index is 0.0926. The zero-order chi connectivity index (χ0) is 20.2. The predicted octanol–water partition coefficient (Wildman–Crippen LogP) is 3.03. The van der Waals surface area contributed by atoms with Crippen LogP contribution in [-0.2, 0) is 4.79 Å². The second-order valence-corrected chi connectivity index (χ2v) is 7.88. The lowest BCUT2D eigenvalue weighted by Gasteiger charge is -2.37. The summed E-state index contributed by atoms with van der Waals surface area (Å²) in [6, 6.07) is 9.25. The average molecular weight is 397 g/mol. The molecule has 3 heterocycles. The number of urea groups is 1. The number of hydrogen-bond donors (Lipinski definition) is 1. The monoisotopic (exact) mass is 397 g/mol. The van der Waals surface area contributed by atoms with Crippen molar-refractivity contribution in [1.82, 2.24) is 19.9 Å². The van der Waals surface area contributed by atoms with E-state index in [1.165, 1.54) is 0 Å². The molecular formula is C21H27N5O3. The van der Waals surface area contributed by atoms with E-state index >= 15 is 0 Å². The van der Waals surface area contributed by atoms with Crippen molar-refractivity contribution in [2.24, 2.45) is 5.92 Å². The summed E-state index contributed by atoms with van der Waals surface area (Å²) in [6.07, 6.45) is 3.51. The molecule has 4 rings (SSSR count). The number of aromatic nitrogens is 2. The fourth-order valence-corrected chi connectivity index (χ4v) is 4.20. The van der Waals surface area contributed by atoms with Gasteiger partial charge in [0.25, 0.3) is 0 Å². The third-order valence-corrected chi connectivity index (χ3v) is 5.71. The van der Waals surface area contributed by atoms with Crippen molar-refractivity contribution in [3.05, 3.63) is 42.0 Å². The Balaban J connectivity index is 1.36. The maximum Gasteiger partial charge on any atom is 0.321 e. The van der Waals surface area contributed by atoms with Crippen LogP contribution in [0, 0.1) is 12.8 Å². The molecule has 3 amide bonds. The van der Waals surface area contributed by atoms with Gasteiger partial charge >= 0.3 is 6.03 Å². The number of nitrogens with zero attached hydrogens (tertiary/aromatic N) is 4. The summed E-state index contributed by atoms with van der Waals surface area (Å²) < 4.78 is 5.32. The van der Waals surface area contributed by atoms with Crippen LogP contribution in [0.1, 0.15) is 43.3 Å². The average Bonchev–Trinajstić information content (AvgIpc) is 3.20. The zero-order valence-electron chi connectivity index (χ0n) is 16.7. The number of rotatable bonds is 3. The summed E-state index contributed by atoms with van der Waals surface area (Å²) in [7, 11) is 0. The molecule has 2 atom stereocenters. The van der Waals surface area contributed by atoms with Crippen molar-refractivity contribution in [3.8, 4) is 0 Å². The molecule has 8 nitrogen and oxygen atoms in total. The van der Waals surface area contributed by atoms with Crippen molar-refractivity contribution in [2.75, 3.05) is 31.5 Å². The number of benzene rings is 1. The first kappa shape index (κ1) is 19.4. The van der Waals surface area contributed by atoms with Gasteiger partial charge in [0.2, 0.25) is 11.8 Å². The molecule has 1 aromatic heterocycles. The van der Waals surface area contributed by atoms with E-state index in [9.17, 15) is 9.59 Å². The van der Waals surface area contributed by atoms with Crippen LogP contribution in [-0.4, -0.2) is 58.1 Å². The lowest BCUT2D eigenvalue weighted by molar-refractivity contribution is -0.138. The predicted molar refractivity (Wildman–Crippen MR) is 107 cm³/mol. The highest BCUT2D eigenvalue weighted by Gasteiger charge is 2.34. The van der Waals surface area contributed by atoms with Gasteiger partial charge in [-0.3, -0.25) is 4.79 Å². The molecule has 8 heteroatoms. The molecule has 2 aliphatic rings. The van der Waals surface area contributed by atoms with Gasteiger partial charge in [-0.2, -0.15) is 4.98 Å². The third kappa shape index (κ3) is 4.58. The van der Waals surface area contributed by atoms with Crippen molar-refractivity contribution >= 4 is 17.6 Å². The smallest absolute Gasteiger partial charge is 0.321 e. The Morgan fingerprint density at radius 2 is 1.83 bits per heavy atom. The number of carbonyl (C=O) groups excluding carboxylic acids is 2. The fraction of sp³-hybridized carbons (Fsp3) is 0.524. The van der Waals surface area contributed by atoms with Gasteiger partial charge in [-0.05, 0) is 44.7 Å². The molecule has 154 valence electrons. The first-order chi connectivity index (χ1) is 14.1. The minimum atomic E-state index is -0.159. The lowest BCUT2D eigenvalue weighted by atomic mass is 9.93. The summed E-state index contributed by atoms with van der Waals surface area (Å²) in [5.74, 6) is 1.30. The van der Waals surface area contributed by atoms with Gasteiger partial charge < -0.3 is 19.6 Å². The van der Waals surface area contributed by atoms with Crippen LogP contribution < -0.4 is 5.32 Å². The summed E-state index contributed by atoms with van der Waals surface area (Å²) in [4.78, 5) is 33.8. The van der Waals surface area contributed by atoms with E-state index in [0.717, 1.165) is 37.9 Å². The SMILES string of the molecule is Cc1noc(C2CCCN(C(=O)C3CCCN(C(=O)Nc4ccccc4)C3)C2)n1. The van der Waals surface area contributed by atoms with Crippen LogP contribution >= 0.6 is 0 Å². The molecule has 2 saturated heterocycles. The summed E-state index contributed by atoms with van der Waals surface area (Å²) in [6.45, 7) is 4.28. The molecule has 2 aromatic rings. The Labute approximate surface area is 170 Å². The molecule has 0 saturated carbocycles. The van der Waals surface area contributed by atoms with E-state index < -0.39 is 0 Å². The molecule has 1 N–H and O–H groups in total. The number of likely N-dealkylation sites (tertiary alicyclic amines) is 2. The maximum atomic E-state index is 13.2. The number of anilines is 1. The Morgan fingerprint density at radius 3 is 2.59 bits per heavy atom. The number of nitrogens with one attached hydrogen (secondary N) is 1. The Bertz CT molecular complexity index is 853. The molecule has 0 radical (unpaired) electrons. The highest BCUT2D eigenvalue weighted by Crippen LogP contribution is 2.28. The number of hydrogen-bond acceptors (Lipinski definition) is 5. The summed E-state index contributed by atoms with van der Waals surface area (Å²) >= 11 is 0. The fourth-order valence-electron chi connectivity index (χ4n) is 4.20. The molecule has 1 aromatic carbocycles. The minimum Gasteiger partial charge on any atom is -0.342 e. The Hall–Kier alpha value is -2.90. The van der Waals surface area contributed by atoms with Gasteiger partial charge in [-0.15, -0.1) is 0 Å². The first-order valence-electron chi connectivity index (χ1n) is 10.3. The number of amides is 3. The van der Waals surface area contributed by atoms with Crippen molar-refractivity contribution in [2.45, 2.75) is 38.5 Å². The van der Waals surface area contributed by atoms with Crippen molar-refractivity contribution < 1.29 is 14.1 Å². The van der Waals surface area contributed by atoms with Crippen molar-refractivity contribution in [1.29, 1.82) is 0 Å². The standard InChI is InChI=1S/C21H27N5O3/c1-15-22-19(29-24-15)16-7-5-11-25(13-16)20(27)17-8-6-12-26(14-17)21(28)23-18-9-3-2-4-10-18/h2-4,9-10,16-17H,5-8,11-14H2,1H3,(H,23,28). The number of piperidine rings is 2. The van der Waals surface area contributed by atoms with E-state index in [2.05, 4.69) is 15.5 Å². The van der Waals surface area contributed by atoms with Crippen LogP contribution in [0.15, 0.2) is 34.9 Å². The largest absolute Gasteiger partial charge is 0.342 e. The molecule has 2 unspecified atom stereocenters. The van der Waals surface area contributed by atoms with Crippen LogP contribution in [0.3, 0.4) is 0 Å². The number of aryl methyl sites for hydroxylation is 1. The molecule has 2 aliphatic heterocycles. The lowest BCUT2D eigenvalue weighted by Crippen LogP contribution is -2.49. The highest BCUT2D eigenvalue weighted by atomic mass is 16.5. The van der Waals surface area contributed by atoms with E-state index in [1.54, 1.807) is 11.8 Å². The van der Waals surface area contributed by atoms with Gasteiger partial charge in [0, 0.05) is 31.9 Å². The molecule has 2 fully saturated rings. The number of carbonyl (C=O) groups is 2. The van der Waals surface area contributed by atoms with E-state index in [1.807, 2.05) is 35.2 Å². The van der Waals surface area contributed by atoms with Gasteiger partial charge in [0.05, 0.1) is 11.8 Å². The van der Waals surface area contributed by atoms with E-state index in [4.69, 9.17) is 4.52 Å². The molecule has 0 spiro atoms. The van der Waals surface area contributed by atoms with Crippen molar-refractivity contribution in [3.63, 3.8) is 0 Å². The van der Waals surface area contributed by atoms with Gasteiger partial charge in [-0.1, -0.05) is 23.4 Å². The second kappa shape index (κ2) is 8.63. The van der Waals surface area contributed by atoms with Crippen LogP contribution in [0.25, 0.3) is 0 Å². The van der Waals surface area contributed by atoms with Gasteiger partial charge in [0.1, 0.15) is 0 Å². The van der Waals surface area contributed by atoms with E-state index in [-0.39, 0.29) is 23.8 Å². The number of para-hydroxylation sites is 1. The Morgan fingerprint density at radius 1 is 1.07 bits per heavy atom. The van der Waals surface area contributed by atoms with Gasteiger partial charge in [-0.25, -0.2) is 4.79 Å². The normalized spacial score (nSPS) is 22.4. The maximum absolute atomic E-state index is 13.2. The Kier molecular flexibility index (Phi) is 5.78. The summed E-state index contributed by atoms with van der Waals surface area (Å²) in [5, 5.41) is 6.79. The van der Waals surface area contributed by atoms with Crippen LogP contribution in [0.4, 0.5) is 10.5 Å². The highest BCUT2D eigenvalue weighted by molar-refractivity contribution is 5.90. The molecule has 29 heavy (non-hydrogen) atoms.